The van der Waals surface area contributed by atoms with E-state index in [2.05, 4.69) is 95.7 Å². The van der Waals surface area contributed by atoms with Gasteiger partial charge >= 0.3 is 0 Å². The predicted molar refractivity (Wildman–Crippen MR) is 161 cm³/mol. The molecule has 0 saturated heterocycles. The molecule has 35 heavy (non-hydrogen) atoms. The molecule has 1 heterocycles. The van der Waals surface area contributed by atoms with Gasteiger partial charge in [-0.1, -0.05) is 89.9 Å². The maximum absolute atomic E-state index is 6.93. The molecular weight excluding hydrogens is 461 g/mol. The number of rotatable bonds is 16. The van der Waals surface area contributed by atoms with E-state index >= 15 is 0 Å². The zero-order chi connectivity index (χ0) is 25.9. The summed E-state index contributed by atoms with van der Waals surface area (Å²) in [5.74, 6) is 0.502. The molecule has 0 aliphatic rings. The van der Waals surface area contributed by atoms with E-state index in [-0.39, 0.29) is 11.1 Å². The van der Waals surface area contributed by atoms with Gasteiger partial charge in [0.2, 0.25) is 0 Å². The van der Waals surface area contributed by atoms with Crippen LogP contribution in [0.5, 0.6) is 0 Å². The van der Waals surface area contributed by atoms with Gasteiger partial charge in [0.1, 0.15) is 0 Å². The van der Waals surface area contributed by atoms with Crippen LogP contribution in [0.25, 0.3) is 5.57 Å². The lowest BCUT2D eigenvalue weighted by Crippen LogP contribution is -2.41. The standard InChI is InChI=1S/C32H50OSSi/c1-9-11-13-20-31(33-35(7,8)32(4,5)6)29-23-21-28(22-24-29)26(3)27(16-12-10-2)17-14-18-30-19-15-25-34-30/h10,15,19,21-25,27,31H,2-3,9,11-14,16-18,20H2,1,4-8H3/t27?,31-/m0/s1. The highest BCUT2D eigenvalue weighted by Gasteiger charge is 2.39. The molecule has 2 aromatic rings. The Morgan fingerprint density at radius 3 is 2.31 bits per heavy atom. The minimum Gasteiger partial charge on any atom is -0.410 e. The Bertz CT molecular complexity index is 873. The van der Waals surface area contributed by atoms with Gasteiger partial charge in [-0.25, -0.2) is 0 Å². The molecule has 1 nitrogen and oxygen atoms in total. The summed E-state index contributed by atoms with van der Waals surface area (Å²) in [7, 11) is -1.84. The zero-order valence-electron chi connectivity index (χ0n) is 23.4. The van der Waals surface area contributed by atoms with Crippen molar-refractivity contribution in [2.24, 2.45) is 5.92 Å². The molecule has 2 rings (SSSR count). The highest BCUT2D eigenvalue weighted by molar-refractivity contribution is 7.09. The molecule has 2 atom stereocenters. The SMILES string of the molecule is C=CCCC(CCCc1cccs1)C(=C)c1ccc([C@H](CCCCC)O[Si](C)(C)C(C)(C)C)cc1. The van der Waals surface area contributed by atoms with Crippen molar-refractivity contribution in [1.82, 2.24) is 0 Å². The summed E-state index contributed by atoms with van der Waals surface area (Å²) in [6.07, 6.45) is 12.8. The molecule has 0 aliphatic carbocycles. The van der Waals surface area contributed by atoms with Crippen LogP contribution in [0.1, 0.15) is 101 Å². The van der Waals surface area contributed by atoms with E-state index in [0.29, 0.717) is 5.92 Å². The molecule has 194 valence electrons. The number of allylic oxidation sites excluding steroid dienone is 2. The summed E-state index contributed by atoms with van der Waals surface area (Å²) < 4.78 is 6.93. The Kier molecular flexibility index (Phi) is 12.2. The van der Waals surface area contributed by atoms with Gasteiger partial charge in [-0.3, -0.25) is 0 Å². The summed E-state index contributed by atoms with van der Waals surface area (Å²) in [4.78, 5) is 1.48. The Morgan fingerprint density at radius 2 is 1.74 bits per heavy atom. The van der Waals surface area contributed by atoms with Crippen molar-refractivity contribution in [3.8, 4) is 0 Å². The first-order chi connectivity index (χ1) is 16.6. The molecule has 1 unspecified atom stereocenters. The second-order valence-corrected chi connectivity index (χ2v) is 17.3. The minimum atomic E-state index is -1.84. The van der Waals surface area contributed by atoms with Crippen LogP contribution >= 0.6 is 11.3 Å². The number of hydrogen-bond acceptors (Lipinski definition) is 2. The molecule has 0 spiro atoms. The van der Waals surface area contributed by atoms with Gasteiger partial charge in [0.15, 0.2) is 8.32 Å². The van der Waals surface area contributed by atoms with E-state index in [1.54, 1.807) is 0 Å². The maximum Gasteiger partial charge on any atom is 0.192 e. The number of hydrogen-bond donors (Lipinski definition) is 0. The Hall–Kier alpha value is -1.42. The summed E-state index contributed by atoms with van der Waals surface area (Å²) in [6, 6.07) is 13.6. The summed E-state index contributed by atoms with van der Waals surface area (Å²) >= 11 is 1.87. The molecule has 0 N–H and O–H groups in total. The molecule has 0 fully saturated rings. The van der Waals surface area contributed by atoms with Crippen LogP contribution in [0.15, 0.2) is 61.0 Å². The zero-order valence-corrected chi connectivity index (χ0v) is 25.2. The van der Waals surface area contributed by atoms with Crippen molar-refractivity contribution in [2.75, 3.05) is 0 Å². The molecule has 0 aliphatic heterocycles. The van der Waals surface area contributed by atoms with Crippen LogP contribution < -0.4 is 0 Å². The normalized spacial score (nSPS) is 14.0. The van der Waals surface area contributed by atoms with E-state index in [4.69, 9.17) is 4.43 Å². The van der Waals surface area contributed by atoms with Gasteiger partial charge in [-0.2, -0.15) is 0 Å². The molecule has 1 aromatic heterocycles. The molecule has 0 radical (unpaired) electrons. The Balaban J connectivity index is 2.13. The van der Waals surface area contributed by atoms with Crippen LogP contribution in [0.4, 0.5) is 0 Å². The van der Waals surface area contributed by atoms with E-state index < -0.39 is 8.32 Å². The Labute approximate surface area is 221 Å². The number of benzene rings is 1. The van der Waals surface area contributed by atoms with Crippen molar-refractivity contribution >= 4 is 25.2 Å². The van der Waals surface area contributed by atoms with Crippen LogP contribution in [0.3, 0.4) is 0 Å². The van der Waals surface area contributed by atoms with Crippen molar-refractivity contribution in [3.05, 3.63) is 77.0 Å². The number of thiophene rings is 1. The summed E-state index contributed by atoms with van der Waals surface area (Å²) in [5, 5.41) is 2.39. The third-order valence-corrected chi connectivity index (χ3v) is 13.2. The van der Waals surface area contributed by atoms with E-state index in [1.807, 2.05) is 17.4 Å². The van der Waals surface area contributed by atoms with Crippen molar-refractivity contribution < 1.29 is 4.43 Å². The highest BCUT2D eigenvalue weighted by atomic mass is 32.1. The lowest BCUT2D eigenvalue weighted by Gasteiger charge is -2.39. The highest BCUT2D eigenvalue weighted by Crippen LogP contribution is 2.41. The van der Waals surface area contributed by atoms with Gasteiger partial charge in [-0.15, -0.1) is 17.9 Å². The van der Waals surface area contributed by atoms with Crippen LogP contribution in [0, 0.1) is 5.92 Å². The molecule has 0 saturated carbocycles. The smallest absolute Gasteiger partial charge is 0.192 e. The first kappa shape index (κ1) is 29.8. The second kappa shape index (κ2) is 14.4. The van der Waals surface area contributed by atoms with Crippen LogP contribution in [-0.2, 0) is 10.8 Å². The molecule has 0 bridgehead atoms. The average molecular weight is 511 g/mol. The van der Waals surface area contributed by atoms with Gasteiger partial charge < -0.3 is 4.43 Å². The third kappa shape index (κ3) is 9.52. The van der Waals surface area contributed by atoms with E-state index in [0.717, 1.165) is 19.3 Å². The predicted octanol–water partition coefficient (Wildman–Crippen LogP) is 11.0. The van der Waals surface area contributed by atoms with Gasteiger partial charge in [0.05, 0.1) is 6.10 Å². The number of aryl methyl sites for hydroxylation is 1. The van der Waals surface area contributed by atoms with Gasteiger partial charge in [0, 0.05) is 4.88 Å². The van der Waals surface area contributed by atoms with Crippen molar-refractivity contribution in [3.63, 3.8) is 0 Å². The lowest BCUT2D eigenvalue weighted by molar-refractivity contribution is 0.170. The quantitative estimate of drug-likeness (QED) is 0.124. The molecule has 1 aromatic carbocycles. The van der Waals surface area contributed by atoms with Crippen LogP contribution in [-0.4, -0.2) is 8.32 Å². The fraction of sp³-hybridized carbons (Fsp3) is 0.562. The first-order valence-electron chi connectivity index (χ1n) is 13.7. The van der Waals surface area contributed by atoms with Crippen molar-refractivity contribution in [1.29, 1.82) is 0 Å². The molecule has 0 amide bonds. The fourth-order valence-electron chi connectivity index (χ4n) is 4.34. The summed E-state index contributed by atoms with van der Waals surface area (Å²) in [5.41, 5.74) is 3.87. The van der Waals surface area contributed by atoms with E-state index in [1.165, 1.54) is 60.1 Å². The largest absolute Gasteiger partial charge is 0.410 e. The van der Waals surface area contributed by atoms with Gasteiger partial charge in [0.25, 0.3) is 0 Å². The minimum absolute atomic E-state index is 0.187. The topological polar surface area (TPSA) is 9.23 Å². The fourth-order valence-corrected chi connectivity index (χ4v) is 6.41. The van der Waals surface area contributed by atoms with Crippen LogP contribution in [0.2, 0.25) is 18.1 Å². The lowest BCUT2D eigenvalue weighted by atomic mass is 9.85. The third-order valence-electron chi connectivity index (χ3n) is 7.73. The Morgan fingerprint density at radius 1 is 1.03 bits per heavy atom. The maximum atomic E-state index is 6.93. The average Bonchev–Trinajstić information content (AvgIpc) is 3.33. The summed E-state index contributed by atoms with van der Waals surface area (Å²) in [6.45, 7) is 22.5. The monoisotopic (exact) mass is 510 g/mol. The first-order valence-corrected chi connectivity index (χ1v) is 17.5. The second-order valence-electron chi connectivity index (χ2n) is 11.5. The van der Waals surface area contributed by atoms with Gasteiger partial charge in [-0.05, 0) is 90.7 Å². The van der Waals surface area contributed by atoms with E-state index in [9.17, 15) is 0 Å². The van der Waals surface area contributed by atoms with Crippen molar-refractivity contribution in [2.45, 2.75) is 110 Å². The number of unbranched alkanes of at least 4 members (excludes halogenated alkanes) is 2. The molecular formula is C32H50OSSi. The molecule has 3 heteroatoms.